The molecular formula is C80H76N2O2. The van der Waals surface area contributed by atoms with Crippen molar-refractivity contribution in [3.63, 3.8) is 0 Å². The van der Waals surface area contributed by atoms with Crippen molar-refractivity contribution >= 4 is 94.0 Å². The third kappa shape index (κ3) is 9.22. The lowest BCUT2D eigenvalue weighted by Crippen LogP contribution is -2.13. The normalized spacial score (nSPS) is 13.0. The van der Waals surface area contributed by atoms with Gasteiger partial charge in [-0.2, -0.15) is 0 Å². The first kappa shape index (κ1) is 54.4. The van der Waals surface area contributed by atoms with Gasteiger partial charge in [-0.1, -0.05) is 220 Å². The fraction of sp³-hybridized carbons (Fsp3) is 0.225. The molecule has 11 aromatic carbocycles. The van der Waals surface area contributed by atoms with Crippen LogP contribution in [-0.4, -0.2) is 5.11 Å². The molecule has 12 aromatic rings. The number of rotatable bonds is 15. The molecule has 1 aliphatic carbocycles. The topological polar surface area (TPSA) is 39.9 Å². The highest BCUT2D eigenvalue weighted by atomic mass is 16.3. The summed E-state index contributed by atoms with van der Waals surface area (Å²) in [6.07, 6.45) is 8.72. The van der Waals surface area contributed by atoms with Crippen molar-refractivity contribution in [3.05, 3.63) is 239 Å². The summed E-state index contributed by atoms with van der Waals surface area (Å²) in [5.74, 6) is 1.34. The summed E-state index contributed by atoms with van der Waals surface area (Å²) in [6, 6.07) is 69.5. The van der Waals surface area contributed by atoms with Gasteiger partial charge in [-0.15, -0.1) is 0 Å². The molecule has 0 unspecified atom stereocenters. The first-order chi connectivity index (χ1) is 40.8. The van der Waals surface area contributed by atoms with Gasteiger partial charge in [0.15, 0.2) is 5.58 Å². The first-order valence-corrected chi connectivity index (χ1v) is 30.8. The van der Waals surface area contributed by atoms with Crippen LogP contribution >= 0.6 is 0 Å². The molecule has 1 aliphatic rings. The van der Waals surface area contributed by atoms with Crippen LogP contribution in [0.1, 0.15) is 146 Å². The summed E-state index contributed by atoms with van der Waals surface area (Å²) in [4.78, 5) is 4.80. The second kappa shape index (κ2) is 22.0. The molecule has 0 radical (unpaired) electrons. The monoisotopic (exact) mass is 1100 g/mol. The number of aryl methyl sites for hydroxylation is 1. The number of benzene rings is 11. The van der Waals surface area contributed by atoms with Crippen molar-refractivity contribution in [2.45, 2.75) is 119 Å². The number of anilines is 6. The van der Waals surface area contributed by atoms with Gasteiger partial charge in [-0.05, 0) is 176 Å². The van der Waals surface area contributed by atoms with Gasteiger partial charge in [-0.3, -0.25) is 0 Å². The van der Waals surface area contributed by atoms with E-state index in [4.69, 9.17) is 4.42 Å². The minimum atomic E-state index is 0.177. The Morgan fingerprint density at radius 3 is 1.51 bits per heavy atom. The van der Waals surface area contributed by atoms with Crippen molar-refractivity contribution in [1.29, 1.82) is 0 Å². The Morgan fingerprint density at radius 1 is 0.429 bits per heavy atom. The molecule has 0 spiro atoms. The van der Waals surface area contributed by atoms with E-state index in [1.54, 1.807) is 0 Å². The van der Waals surface area contributed by atoms with E-state index in [0.29, 0.717) is 11.8 Å². The molecule has 0 bridgehead atoms. The zero-order chi connectivity index (χ0) is 58.1. The van der Waals surface area contributed by atoms with Crippen molar-refractivity contribution in [3.8, 4) is 28.0 Å². The quantitative estimate of drug-likeness (QED) is 0.104. The van der Waals surface area contributed by atoms with Gasteiger partial charge in [0.2, 0.25) is 0 Å². The standard InChI is InChI=1S/C80H76N2O2/c1-11-52-21-13-15-25-60(52)56-23-17-24-57(45-56)62-27-19-31-72(78(62)83)81(58-37-33-54(34-38-58)48(3)4)74-46-70(50(7)8)63-42-44-69-75(47-71(51(9)10)64-41-43-68(74)76(63)77(64)69)82(59-39-35-55(36-40-59)49(5)6)73-32-20-30-67-66-29-18-28-65(79(66)84-80(67)73)61-26-16-14-22-53(61)12-2/h13,15-21,23-51,83H,11-12,14,22H2,1-10H3. The fourth-order valence-corrected chi connectivity index (χ4v) is 13.6. The van der Waals surface area contributed by atoms with E-state index in [2.05, 4.69) is 279 Å². The summed E-state index contributed by atoms with van der Waals surface area (Å²) in [5.41, 5.74) is 22.1. The van der Waals surface area contributed by atoms with Gasteiger partial charge in [-0.25, -0.2) is 0 Å². The van der Waals surface area contributed by atoms with E-state index in [1.165, 1.54) is 66.1 Å². The number of hydrogen-bond donors (Lipinski definition) is 1. The molecular weight excluding hydrogens is 1020 g/mol. The lowest BCUT2D eigenvalue weighted by Gasteiger charge is -2.32. The molecule has 13 rings (SSSR count). The maximum absolute atomic E-state index is 13.1. The number of phenols is 1. The maximum atomic E-state index is 13.1. The number of allylic oxidation sites excluding steroid dienone is 4. The molecule has 0 atom stereocenters. The largest absolute Gasteiger partial charge is 0.505 e. The SMILES string of the molecule is CCC1=C(c2cccc3c2oc2c(N(c4ccc(C(C)C)cc4)c4cc(C(C)C)c5ccc6c(N(c7ccc(C(C)C)cc7)c7cccc(-c8cccc(-c9ccccc9CC)c8)c7O)cc(C(C)C)c7ccc4c5c76)cccc23)C=CCC1. The Labute approximate surface area is 496 Å². The lowest BCUT2D eigenvalue weighted by atomic mass is 9.84. The minimum Gasteiger partial charge on any atom is -0.505 e. The van der Waals surface area contributed by atoms with Gasteiger partial charge in [0.1, 0.15) is 11.3 Å². The second-order valence-electron chi connectivity index (χ2n) is 24.5. The third-order valence-electron chi connectivity index (χ3n) is 18.2. The predicted molar refractivity (Wildman–Crippen MR) is 361 cm³/mol. The Morgan fingerprint density at radius 2 is 0.929 bits per heavy atom. The Balaban J connectivity index is 1.08. The number of phenolic OH excluding ortho intramolecular Hbond substituents is 1. The van der Waals surface area contributed by atoms with Crippen molar-refractivity contribution < 1.29 is 9.52 Å². The van der Waals surface area contributed by atoms with Crippen molar-refractivity contribution in [2.24, 2.45) is 0 Å². The number of aromatic hydroxyl groups is 1. The summed E-state index contributed by atoms with van der Waals surface area (Å²) in [5, 5.41) is 22.5. The van der Waals surface area contributed by atoms with Gasteiger partial charge in [0.05, 0.1) is 22.7 Å². The molecule has 0 aliphatic heterocycles. The molecule has 4 nitrogen and oxygen atoms in total. The first-order valence-electron chi connectivity index (χ1n) is 30.8. The van der Waals surface area contributed by atoms with Crippen LogP contribution < -0.4 is 9.80 Å². The van der Waals surface area contributed by atoms with Crippen LogP contribution in [0.5, 0.6) is 5.75 Å². The number of furan rings is 1. The van der Waals surface area contributed by atoms with Gasteiger partial charge in [0, 0.05) is 44.0 Å². The second-order valence-corrected chi connectivity index (χ2v) is 24.5. The molecule has 1 aromatic heterocycles. The molecule has 0 fully saturated rings. The highest BCUT2D eigenvalue weighted by Crippen LogP contribution is 2.54. The van der Waals surface area contributed by atoms with Crippen LogP contribution in [0.3, 0.4) is 0 Å². The van der Waals surface area contributed by atoms with Crippen LogP contribution in [0.4, 0.5) is 34.1 Å². The third-order valence-corrected chi connectivity index (χ3v) is 18.2. The van der Waals surface area contributed by atoms with Crippen LogP contribution in [0.25, 0.3) is 82.1 Å². The van der Waals surface area contributed by atoms with E-state index in [1.807, 2.05) is 0 Å². The van der Waals surface area contributed by atoms with Crippen molar-refractivity contribution in [2.75, 3.05) is 9.80 Å². The number of nitrogens with zero attached hydrogens (tertiary/aromatic N) is 2. The van der Waals surface area contributed by atoms with Gasteiger partial charge in [0.25, 0.3) is 0 Å². The molecule has 418 valence electrons. The van der Waals surface area contributed by atoms with E-state index in [0.717, 1.165) is 115 Å². The van der Waals surface area contributed by atoms with E-state index < -0.39 is 0 Å². The highest BCUT2D eigenvalue weighted by Gasteiger charge is 2.29. The zero-order valence-electron chi connectivity index (χ0n) is 50.4. The molecule has 1 N–H and O–H groups in total. The molecule has 4 heteroatoms. The van der Waals surface area contributed by atoms with E-state index in [9.17, 15) is 5.11 Å². The zero-order valence-corrected chi connectivity index (χ0v) is 50.4. The summed E-state index contributed by atoms with van der Waals surface area (Å²) >= 11 is 0. The average molecular weight is 1100 g/mol. The Kier molecular flexibility index (Phi) is 14.3. The number of para-hydroxylation sites is 3. The number of fused-ring (bicyclic) bond motifs is 3. The number of hydrogen-bond acceptors (Lipinski definition) is 4. The Bertz CT molecular complexity index is 4530. The maximum Gasteiger partial charge on any atom is 0.159 e. The Hall–Kier alpha value is -8.86. The van der Waals surface area contributed by atoms with E-state index in [-0.39, 0.29) is 17.6 Å². The van der Waals surface area contributed by atoms with Crippen LogP contribution in [0, 0.1) is 0 Å². The van der Waals surface area contributed by atoms with Gasteiger partial charge >= 0.3 is 0 Å². The summed E-state index contributed by atoms with van der Waals surface area (Å²) < 4.78 is 7.38. The average Bonchev–Trinajstić information content (AvgIpc) is 1.17. The molecule has 1 heterocycles. The minimum absolute atomic E-state index is 0.177. The van der Waals surface area contributed by atoms with Crippen LogP contribution in [0.15, 0.2) is 210 Å². The van der Waals surface area contributed by atoms with E-state index >= 15 is 0 Å². The van der Waals surface area contributed by atoms with Crippen LogP contribution in [0.2, 0.25) is 0 Å². The predicted octanol–water partition coefficient (Wildman–Crippen LogP) is 24.0. The molecule has 0 saturated carbocycles. The smallest absolute Gasteiger partial charge is 0.159 e. The molecule has 0 amide bonds. The highest BCUT2D eigenvalue weighted by molar-refractivity contribution is 6.30. The summed E-state index contributed by atoms with van der Waals surface area (Å²) in [7, 11) is 0. The summed E-state index contributed by atoms with van der Waals surface area (Å²) in [6.45, 7) is 22.8. The van der Waals surface area contributed by atoms with Crippen molar-refractivity contribution in [1.82, 2.24) is 0 Å². The fourth-order valence-electron chi connectivity index (χ4n) is 13.6. The van der Waals surface area contributed by atoms with Crippen LogP contribution in [-0.2, 0) is 6.42 Å². The molecule has 84 heavy (non-hydrogen) atoms. The van der Waals surface area contributed by atoms with Gasteiger partial charge < -0.3 is 19.3 Å². The lowest BCUT2D eigenvalue weighted by molar-refractivity contribution is 0.478. The molecule has 0 saturated heterocycles.